The highest BCUT2D eigenvalue weighted by atomic mass is 16.3. The molecule has 6 heteroatoms. The fourth-order valence-electron chi connectivity index (χ4n) is 12.4. The summed E-state index contributed by atoms with van der Waals surface area (Å²) in [5.74, 6) is -0.572. The number of carbonyl (C=O) groups excluding carboxylic acids is 1. The fraction of sp³-hybridized carbons (Fsp3) is 0.986. The molecule has 0 aromatic rings. The van der Waals surface area contributed by atoms with E-state index in [2.05, 4.69) is 19.2 Å². The van der Waals surface area contributed by atoms with Gasteiger partial charge in [0, 0.05) is 0 Å². The Hall–Kier alpha value is -0.690. The highest BCUT2D eigenvalue weighted by Gasteiger charge is 2.28. The minimum Gasteiger partial charge on any atom is -0.394 e. The van der Waals surface area contributed by atoms with Crippen LogP contribution in [-0.2, 0) is 4.79 Å². The summed E-state index contributed by atoms with van der Waals surface area (Å²) in [7, 11) is 0. The van der Waals surface area contributed by atoms with Crippen LogP contribution in [0.1, 0.15) is 431 Å². The number of hydrogen-bond donors (Lipinski definition) is 5. The minimum absolute atomic E-state index is 0.377. The molecule has 79 heavy (non-hydrogen) atoms. The number of hydrogen-bond acceptors (Lipinski definition) is 5. The van der Waals surface area contributed by atoms with Crippen LogP contribution < -0.4 is 5.32 Å². The number of carbonyl (C=O) groups is 1. The van der Waals surface area contributed by atoms with E-state index in [-0.39, 0.29) is 0 Å². The lowest BCUT2D eigenvalue weighted by molar-refractivity contribution is -0.132. The number of unbranched alkanes of at least 4 members (excludes halogenated alkanes) is 61. The normalized spacial score (nSPS) is 13.3. The van der Waals surface area contributed by atoms with Gasteiger partial charge in [-0.15, -0.1) is 0 Å². The largest absolute Gasteiger partial charge is 0.394 e. The second-order valence-electron chi connectivity index (χ2n) is 26.0. The molecular weight excluding hydrogens is 971 g/mol. The lowest BCUT2D eigenvalue weighted by Gasteiger charge is -2.27. The van der Waals surface area contributed by atoms with E-state index in [1.807, 2.05) is 0 Å². The first kappa shape index (κ1) is 78.3. The van der Waals surface area contributed by atoms with Crippen molar-refractivity contribution in [3.05, 3.63) is 0 Å². The summed E-state index contributed by atoms with van der Waals surface area (Å²) in [6, 6.07) is -0.983. The number of nitrogens with one attached hydrogen (secondary N) is 1. The molecule has 1 amide bonds. The van der Waals surface area contributed by atoms with Crippen molar-refractivity contribution >= 4 is 5.91 Å². The van der Waals surface area contributed by atoms with Gasteiger partial charge in [0.05, 0.1) is 18.8 Å². The Morgan fingerprint density at radius 2 is 0.430 bits per heavy atom. The van der Waals surface area contributed by atoms with Crippen molar-refractivity contribution in [3.8, 4) is 0 Å². The van der Waals surface area contributed by atoms with Crippen LogP contribution in [0.2, 0.25) is 0 Å². The van der Waals surface area contributed by atoms with Gasteiger partial charge in [-0.2, -0.15) is 0 Å². The summed E-state index contributed by atoms with van der Waals surface area (Å²) in [5, 5.41) is 44.3. The summed E-state index contributed by atoms with van der Waals surface area (Å²) in [6.07, 6.45) is 83.9. The van der Waals surface area contributed by atoms with Crippen LogP contribution in [-0.4, -0.2) is 57.3 Å². The van der Waals surface area contributed by atoms with Crippen molar-refractivity contribution in [2.45, 2.75) is 456 Å². The van der Waals surface area contributed by atoms with Gasteiger partial charge in [-0.25, -0.2) is 0 Å². The molecule has 0 aliphatic carbocycles. The Labute approximate surface area is 496 Å². The van der Waals surface area contributed by atoms with Gasteiger partial charge in [-0.3, -0.25) is 4.79 Å². The van der Waals surface area contributed by atoms with Crippen molar-refractivity contribution in [1.82, 2.24) is 5.32 Å². The van der Waals surface area contributed by atoms with E-state index in [0.29, 0.717) is 12.8 Å². The van der Waals surface area contributed by atoms with Crippen molar-refractivity contribution in [1.29, 1.82) is 0 Å². The van der Waals surface area contributed by atoms with Crippen LogP contribution in [0.4, 0.5) is 0 Å². The van der Waals surface area contributed by atoms with Gasteiger partial charge < -0.3 is 25.7 Å². The lowest BCUT2D eigenvalue weighted by Crippen LogP contribution is -2.53. The molecule has 6 nitrogen and oxygen atoms in total. The Balaban J connectivity index is 3.48. The zero-order valence-electron chi connectivity index (χ0n) is 54.2. The standard InChI is InChI=1S/C73H147NO5/c1-3-5-7-9-11-13-15-17-19-21-23-25-27-29-31-33-34-35-36-37-39-41-43-45-47-49-51-53-55-57-59-61-63-65-67-71(77)73(79)74-69(68-75)72(78)70(76)66-64-62-60-58-56-54-52-50-48-46-44-42-40-38-32-30-28-26-24-22-20-18-16-14-12-10-8-6-4-2/h69-72,75-78H,3-68H2,1-2H3,(H,74,79). The molecular formula is C73H147NO5. The Morgan fingerprint density at radius 3 is 0.608 bits per heavy atom. The summed E-state index contributed by atoms with van der Waals surface area (Å²) in [6.45, 7) is 4.13. The molecule has 0 heterocycles. The maximum Gasteiger partial charge on any atom is 0.249 e. The first-order valence-electron chi connectivity index (χ1n) is 36.9. The predicted octanol–water partition coefficient (Wildman–Crippen LogP) is 22.9. The van der Waals surface area contributed by atoms with Crippen molar-refractivity contribution in [2.24, 2.45) is 0 Å². The number of aliphatic hydroxyl groups excluding tert-OH is 4. The minimum atomic E-state index is -1.26. The van der Waals surface area contributed by atoms with E-state index in [4.69, 9.17) is 0 Å². The topological polar surface area (TPSA) is 110 Å². The Kier molecular flexibility index (Phi) is 67.5. The predicted molar refractivity (Wildman–Crippen MR) is 348 cm³/mol. The van der Waals surface area contributed by atoms with Crippen LogP contribution in [0.25, 0.3) is 0 Å². The molecule has 0 spiro atoms. The van der Waals surface area contributed by atoms with Crippen molar-refractivity contribution < 1.29 is 25.2 Å². The third-order valence-electron chi connectivity index (χ3n) is 18.1. The third kappa shape index (κ3) is 61.7. The smallest absolute Gasteiger partial charge is 0.249 e. The van der Waals surface area contributed by atoms with Gasteiger partial charge in [0.1, 0.15) is 12.2 Å². The van der Waals surface area contributed by atoms with Gasteiger partial charge in [0.15, 0.2) is 0 Å². The molecule has 0 radical (unpaired) electrons. The third-order valence-corrected chi connectivity index (χ3v) is 18.1. The molecule has 0 saturated carbocycles. The average molecular weight is 1120 g/mol. The molecule has 0 rings (SSSR count). The number of amides is 1. The second-order valence-corrected chi connectivity index (χ2v) is 26.0. The molecule has 0 aromatic heterocycles. The van der Waals surface area contributed by atoms with Gasteiger partial charge in [0.25, 0.3) is 0 Å². The second kappa shape index (κ2) is 68.1. The number of rotatable bonds is 70. The molecule has 0 saturated heterocycles. The van der Waals surface area contributed by atoms with Crippen LogP contribution in [0.5, 0.6) is 0 Å². The van der Waals surface area contributed by atoms with Crippen molar-refractivity contribution in [2.75, 3.05) is 6.61 Å². The average Bonchev–Trinajstić information content (AvgIpc) is 3.45. The summed E-state index contributed by atoms with van der Waals surface area (Å²) < 4.78 is 0. The molecule has 4 unspecified atom stereocenters. The quantitative estimate of drug-likeness (QED) is 0.0390. The van der Waals surface area contributed by atoms with Gasteiger partial charge in [-0.1, -0.05) is 418 Å². The van der Waals surface area contributed by atoms with E-state index in [9.17, 15) is 25.2 Å². The van der Waals surface area contributed by atoms with Crippen LogP contribution in [0.3, 0.4) is 0 Å². The fourth-order valence-corrected chi connectivity index (χ4v) is 12.4. The molecule has 0 aromatic carbocycles. The van der Waals surface area contributed by atoms with E-state index >= 15 is 0 Å². The van der Waals surface area contributed by atoms with Crippen molar-refractivity contribution in [3.63, 3.8) is 0 Å². The lowest BCUT2D eigenvalue weighted by atomic mass is 9.99. The van der Waals surface area contributed by atoms with Gasteiger partial charge in [0.2, 0.25) is 5.91 Å². The Bertz CT molecular complexity index is 1120. The van der Waals surface area contributed by atoms with Gasteiger partial charge >= 0.3 is 0 Å². The summed E-state index contributed by atoms with van der Waals surface area (Å²) in [5.41, 5.74) is 0. The van der Waals surface area contributed by atoms with Crippen LogP contribution in [0.15, 0.2) is 0 Å². The monoisotopic (exact) mass is 1120 g/mol. The first-order chi connectivity index (χ1) is 39.0. The maximum atomic E-state index is 12.7. The van der Waals surface area contributed by atoms with Crippen LogP contribution >= 0.6 is 0 Å². The van der Waals surface area contributed by atoms with E-state index < -0.39 is 36.9 Å². The molecule has 474 valence electrons. The molecule has 0 fully saturated rings. The van der Waals surface area contributed by atoms with E-state index in [1.54, 1.807) is 0 Å². The molecule has 4 atom stereocenters. The summed E-state index contributed by atoms with van der Waals surface area (Å²) in [4.78, 5) is 12.7. The highest BCUT2D eigenvalue weighted by Crippen LogP contribution is 2.21. The zero-order valence-corrected chi connectivity index (χ0v) is 54.2. The zero-order chi connectivity index (χ0) is 57.3. The highest BCUT2D eigenvalue weighted by molar-refractivity contribution is 5.80. The number of aliphatic hydroxyl groups is 4. The molecule has 0 aliphatic rings. The SMILES string of the molecule is CCCCCCCCCCCCCCCCCCCCCCCCCCCCCCCCCCCCC(O)C(=O)NC(CO)C(O)C(O)CCCCCCCCCCCCCCCCCCCCCCCCCCCCCCC. The van der Waals surface area contributed by atoms with Crippen LogP contribution in [0, 0.1) is 0 Å². The molecule has 0 aliphatic heterocycles. The maximum absolute atomic E-state index is 12.7. The Morgan fingerprint density at radius 1 is 0.266 bits per heavy atom. The summed E-state index contributed by atoms with van der Waals surface area (Å²) >= 11 is 0. The van der Waals surface area contributed by atoms with E-state index in [0.717, 1.165) is 38.5 Å². The first-order valence-corrected chi connectivity index (χ1v) is 36.9. The van der Waals surface area contributed by atoms with Gasteiger partial charge in [-0.05, 0) is 12.8 Å². The molecule has 0 bridgehead atoms. The molecule has 5 N–H and O–H groups in total. The van der Waals surface area contributed by atoms with E-state index in [1.165, 1.54) is 366 Å².